The van der Waals surface area contributed by atoms with E-state index in [1.165, 1.54) is 12.3 Å². The third-order valence-corrected chi connectivity index (χ3v) is 3.09. The zero-order valence-electron chi connectivity index (χ0n) is 11.3. The molecule has 2 heterocycles. The van der Waals surface area contributed by atoms with Crippen molar-refractivity contribution in [2.24, 2.45) is 0 Å². The molecule has 0 radical (unpaired) electrons. The van der Waals surface area contributed by atoms with Crippen molar-refractivity contribution in [3.8, 4) is 6.07 Å². The number of anilines is 2. The summed E-state index contributed by atoms with van der Waals surface area (Å²) in [5.41, 5.74) is 6.54. The lowest BCUT2D eigenvalue weighted by atomic mass is 10.2. The Labute approximate surface area is 117 Å². The van der Waals surface area contributed by atoms with Crippen LogP contribution in [-0.2, 0) is 9.53 Å². The fraction of sp³-hybridized carbons (Fsp3) is 0.462. The Kier molecular flexibility index (Phi) is 4.38. The summed E-state index contributed by atoms with van der Waals surface area (Å²) >= 11 is 0. The minimum Gasteiger partial charge on any atom is -0.396 e. The second-order valence-corrected chi connectivity index (χ2v) is 4.58. The van der Waals surface area contributed by atoms with Crippen LogP contribution >= 0.6 is 0 Å². The van der Waals surface area contributed by atoms with Gasteiger partial charge in [0.05, 0.1) is 24.5 Å². The Balaban J connectivity index is 2.02. The highest BCUT2D eigenvalue weighted by molar-refractivity contribution is 5.85. The molecular formula is C13H17N5O2. The Hall–Kier alpha value is -2.33. The molecule has 1 aromatic rings. The molecule has 1 amide bonds. The number of carbonyl (C=O) groups is 1. The van der Waals surface area contributed by atoms with Crippen molar-refractivity contribution in [1.82, 2.24) is 9.88 Å². The number of nitrogen functional groups attached to an aromatic ring is 1. The third kappa shape index (κ3) is 3.16. The van der Waals surface area contributed by atoms with E-state index in [1.54, 1.807) is 11.8 Å². The van der Waals surface area contributed by atoms with Gasteiger partial charge in [-0.2, -0.15) is 5.26 Å². The molecule has 1 aromatic heterocycles. The lowest BCUT2D eigenvalue weighted by Crippen LogP contribution is -2.47. The van der Waals surface area contributed by atoms with Crippen molar-refractivity contribution in [3.63, 3.8) is 0 Å². The minimum absolute atomic E-state index is 0.0149. The first kappa shape index (κ1) is 14.1. The molecule has 2 rings (SSSR count). The molecule has 3 N–H and O–H groups in total. The lowest BCUT2D eigenvalue weighted by molar-refractivity contribution is -0.135. The quantitative estimate of drug-likeness (QED) is 0.816. The van der Waals surface area contributed by atoms with Crippen LogP contribution in [0.3, 0.4) is 0 Å². The smallest absolute Gasteiger partial charge is 0.244 e. The molecule has 1 aliphatic rings. The largest absolute Gasteiger partial charge is 0.396 e. The molecule has 1 saturated heterocycles. The fourth-order valence-electron chi connectivity index (χ4n) is 1.99. The van der Waals surface area contributed by atoms with Crippen LogP contribution in [-0.4, -0.2) is 48.1 Å². The second kappa shape index (κ2) is 6.21. The molecule has 1 fully saturated rings. The number of hydrogen-bond acceptors (Lipinski definition) is 6. The molecule has 0 saturated carbocycles. The molecule has 7 nitrogen and oxygen atoms in total. The van der Waals surface area contributed by atoms with E-state index in [1.807, 2.05) is 6.07 Å². The number of nitrogens with two attached hydrogens (primary N) is 1. The highest BCUT2D eigenvalue weighted by Gasteiger charge is 2.23. The molecule has 106 valence electrons. The predicted molar refractivity (Wildman–Crippen MR) is 73.8 cm³/mol. The van der Waals surface area contributed by atoms with E-state index in [9.17, 15) is 4.79 Å². The van der Waals surface area contributed by atoms with Gasteiger partial charge in [0.1, 0.15) is 17.9 Å². The van der Waals surface area contributed by atoms with Gasteiger partial charge in [0.25, 0.3) is 0 Å². The van der Waals surface area contributed by atoms with Crippen LogP contribution in [0.15, 0.2) is 12.3 Å². The molecule has 0 bridgehead atoms. The maximum atomic E-state index is 12.2. The van der Waals surface area contributed by atoms with Crippen molar-refractivity contribution >= 4 is 17.4 Å². The van der Waals surface area contributed by atoms with Gasteiger partial charge in [-0.05, 0) is 13.0 Å². The van der Waals surface area contributed by atoms with E-state index in [2.05, 4.69) is 10.3 Å². The number of aromatic nitrogens is 1. The van der Waals surface area contributed by atoms with Crippen molar-refractivity contribution in [2.45, 2.75) is 13.0 Å². The maximum absolute atomic E-state index is 12.2. The lowest BCUT2D eigenvalue weighted by Gasteiger charge is -2.29. The number of carbonyl (C=O) groups excluding carboxylic acids is 1. The number of hydrogen-bond donors (Lipinski definition) is 2. The highest BCUT2D eigenvalue weighted by atomic mass is 16.5. The first-order chi connectivity index (χ1) is 9.61. The molecule has 0 aromatic carbocycles. The monoisotopic (exact) mass is 275 g/mol. The first-order valence-electron chi connectivity index (χ1n) is 6.40. The standard InChI is InChI=1S/C13H17N5O2/c1-9(13(19)18-2-4-20-5-3-18)17-12-11(15)6-10(7-14)8-16-12/h6,8-9H,2-5,15H2,1H3,(H,16,17). The number of nitrogens with zero attached hydrogens (tertiary/aromatic N) is 3. The molecule has 0 aliphatic carbocycles. The summed E-state index contributed by atoms with van der Waals surface area (Å²) in [6.07, 6.45) is 1.42. The number of nitriles is 1. The van der Waals surface area contributed by atoms with Crippen LogP contribution in [0.1, 0.15) is 12.5 Å². The van der Waals surface area contributed by atoms with E-state index < -0.39 is 6.04 Å². The van der Waals surface area contributed by atoms with Crippen LogP contribution in [0.25, 0.3) is 0 Å². The summed E-state index contributed by atoms with van der Waals surface area (Å²) in [5, 5.41) is 11.7. The number of amides is 1. The Morgan fingerprint density at radius 2 is 2.30 bits per heavy atom. The number of morpholine rings is 1. The van der Waals surface area contributed by atoms with Crippen LogP contribution in [0.2, 0.25) is 0 Å². The maximum Gasteiger partial charge on any atom is 0.244 e. The molecule has 20 heavy (non-hydrogen) atoms. The number of nitrogens with one attached hydrogen (secondary N) is 1. The van der Waals surface area contributed by atoms with E-state index in [0.29, 0.717) is 43.4 Å². The topological polar surface area (TPSA) is 104 Å². The van der Waals surface area contributed by atoms with E-state index in [-0.39, 0.29) is 5.91 Å². The average Bonchev–Trinajstić information content (AvgIpc) is 2.49. The molecule has 7 heteroatoms. The minimum atomic E-state index is -0.434. The van der Waals surface area contributed by atoms with Crippen LogP contribution < -0.4 is 11.1 Å². The van der Waals surface area contributed by atoms with Gasteiger partial charge in [0, 0.05) is 19.3 Å². The van der Waals surface area contributed by atoms with Gasteiger partial charge in [-0.15, -0.1) is 0 Å². The molecule has 1 aliphatic heterocycles. The normalized spacial score (nSPS) is 16.3. The van der Waals surface area contributed by atoms with Crippen LogP contribution in [0.4, 0.5) is 11.5 Å². The molecular weight excluding hydrogens is 258 g/mol. The number of ether oxygens (including phenoxy) is 1. The SMILES string of the molecule is CC(Nc1ncc(C#N)cc1N)C(=O)N1CCOCC1. The summed E-state index contributed by atoms with van der Waals surface area (Å²) in [5.74, 6) is 0.400. The van der Waals surface area contributed by atoms with Crippen molar-refractivity contribution < 1.29 is 9.53 Å². The Morgan fingerprint density at radius 3 is 2.90 bits per heavy atom. The first-order valence-corrected chi connectivity index (χ1v) is 6.40. The van der Waals surface area contributed by atoms with Gasteiger partial charge in [-0.25, -0.2) is 4.98 Å². The highest BCUT2D eigenvalue weighted by Crippen LogP contribution is 2.17. The predicted octanol–water partition coefficient (Wildman–Crippen LogP) is 0.195. The third-order valence-electron chi connectivity index (χ3n) is 3.09. The van der Waals surface area contributed by atoms with Crippen LogP contribution in [0.5, 0.6) is 0 Å². The molecule has 0 spiro atoms. The summed E-state index contributed by atoms with van der Waals surface area (Å²) in [6.45, 7) is 4.09. The summed E-state index contributed by atoms with van der Waals surface area (Å²) in [4.78, 5) is 18.0. The average molecular weight is 275 g/mol. The Bertz CT molecular complexity index is 534. The van der Waals surface area contributed by atoms with Gasteiger partial charge >= 0.3 is 0 Å². The van der Waals surface area contributed by atoms with Gasteiger partial charge in [0.2, 0.25) is 5.91 Å². The molecule has 1 atom stereocenters. The fourth-order valence-corrected chi connectivity index (χ4v) is 1.99. The van der Waals surface area contributed by atoms with Gasteiger partial charge in [0.15, 0.2) is 0 Å². The van der Waals surface area contributed by atoms with Crippen molar-refractivity contribution in [2.75, 3.05) is 37.4 Å². The van der Waals surface area contributed by atoms with Crippen molar-refractivity contribution in [3.05, 3.63) is 17.8 Å². The summed E-state index contributed by atoms with van der Waals surface area (Å²) in [7, 11) is 0. The second-order valence-electron chi connectivity index (χ2n) is 4.58. The number of rotatable bonds is 3. The van der Waals surface area contributed by atoms with Gasteiger partial charge in [-0.3, -0.25) is 4.79 Å². The van der Waals surface area contributed by atoms with Crippen molar-refractivity contribution in [1.29, 1.82) is 5.26 Å². The zero-order valence-corrected chi connectivity index (χ0v) is 11.3. The molecule has 1 unspecified atom stereocenters. The van der Waals surface area contributed by atoms with Gasteiger partial charge < -0.3 is 20.7 Å². The summed E-state index contributed by atoms with van der Waals surface area (Å²) < 4.78 is 5.22. The summed E-state index contributed by atoms with van der Waals surface area (Å²) in [6, 6.07) is 3.06. The van der Waals surface area contributed by atoms with Crippen LogP contribution in [0, 0.1) is 11.3 Å². The van der Waals surface area contributed by atoms with Gasteiger partial charge in [-0.1, -0.05) is 0 Å². The zero-order chi connectivity index (χ0) is 14.5. The number of pyridine rings is 1. The van der Waals surface area contributed by atoms with E-state index >= 15 is 0 Å². The van der Waals surface area contributed by atoms with E-state index in [4.69, 9.17) is 15.7 Å². The Morgan fingerprint density at radius 1 is 1.60 bits per heavy atom. The van der Waals surface area contributed by atoms with E-state index in [0.717, 1.165) is 0 Å².